The smallest absolute Gasteiger partial charge is 0.264 e. The number of amides is 2. The predicted molar refractivity (Wildman–Crippen MR) is 161 cm³/mol. The number of carbonyl (C=O) groups excluding carboxylic acids is 2. The molecular formula is C30H35Cl2N3O4S. The fraction of sp³-hybridized carbons (Fsp3) is 0.333. The maximum atomic E-state index is 14.0. The Morgan fingerprint density at radius 3 is 2.27 bits per heavy atom. The molecule has 10 heteroatoms. The Labute approximate surface area is 247 Å². The standard InChI is InChI=1S/C30H35Cl2N3O4S/c1-5-6-17-33-30(37)23(4)34(19-24-10-7-9-22(3)18-24)28(36)20-35(27-12-8-11-26(31)29(27)32)40(38,39)25-15-13-21(2)14-16-25/h7-16,18,23H,5-6,17,19-20H2,1-4H3,(H,33,37)/t23-/m1/s1. The molecule has 0 unspecified atom stereocenters. The Kier molecular flexibility index (Phi) is 11.0. The summed E-state index contributed by atoms with van der Waals surface area (Å²) in [6.07, 6.45) is 1.72. The van der Waals surface area contributed by atoms with Gasteiger partial charge in [0, 0.05) is 13.1 Å². The molecule has 214 valence electrons. The SMILES string of the molecule is CCCCNC(=O)[C@@H](C)N(Cc1cccc(C)c1)C(=O)CN(c1cccc(Cl)c1Cl)S(=O)(=O)c1ccc(C)cc1. The minimum absolute atomic E-state index is 0.00228. The van der Waals surface area contributed by atoms with E-state index in [9.17, 15) is 18.0 Å². The van der Waals surface area contributed by atoms with Crippen molar-refractivity contribution in [3.63, 3.8) is 0 Å². The zero-order chi connectivity index (χ0) is 29.4. The summed E-state index contributed by atoms with van der Waals surface area (Å²) in [5.41, 5.74) is 2.77. The number of rotatable bonds is 12. The van der Waals surface area contributed by atoms with E-state index in [1.807, 2.05) is 45.0 Å². The Morgan fingerprint density at radius 2 is 1.62 bits per heavy atom. The number of anilines is 1. The molecule has 0 aliphatic rings. The molecule has 0 heterocycles. The van der Waals surface area contributed by atoms with Crippen LogP contribution in [-0.2, 0) is 26.2 Å². The molecule has 0 fully saturated rings. The topological polar surface area (TPSA) is 86.8 Å². The molecule has 0 spiro atoms. The summed E-state index contributed by atoms with van der Waals surface area (Å²) >= 11 is 12.7. The second kappa shape index (κ2) is 14.0. The van der Waals surface area contributed by atoms with Crippen LogP contribution in [0.1, 0.15) is 43.4 Å². The van der Waals surface area contributed by atoms with Crippen LogP contribution in [0.15, 0.2) is 71.6 Å². The van der Waals surface area contributed by atoms with Crippen molar-refractivity contribution >= 4 is 50.7 Å². The average molecular weight is 605 g/mol. The number of halogens is 2. The zero-order valence-corrected chi connectivity index (χ0v) is 25.5. The second-order valence-electron chi connectivity index (χ2n) is 9.73. The van der Waals surface area contributed by atoms with Gasteiger partial charge in [0.05, 0.1) is 20.6 Å². The van der Waals surface area contributed by atoms with Gasteiger partial charge in [-0.15, -0.1) is 0 Å². The van der Waals surface area contributed by atoms with Crippen molar-refractivity contribution in [2.24, 2.45) is 0 Å². The quantitative estimate of drug-likeness (QED) is 0.252. The fourth-order valence-corrected chi connectivity index (χ4v) is 6.04. The van der Waals surface area contributed by atoms with Crippen LogP contribution < -0.4 is 9.62 Å². The number of unbranched alkanes of at least 4 members (excludes halogenated alkanes) is 1. The zero-order valence-electron chi connectivity index (χ0n) is 23.2. The van der Waals surface area contributed by atoms with Crippen LogP contribution in [0, 0.1) is 13.8 Å². The van der Waals surface area contributed by atoms with E-state index in [0.717, 1.165) is 33.8 Å². The van der Waals surface area contributed by atoms with Gasteiger partial charge in [-0.3, -0.25) is 13.9 Å². The molecule has 0 aliphatic carbocycles. The first kappa shape index (κ1) is 31.5. The van der Waals surface area contributed by atoms with Gasteiger partial charge in [0.15, 0.2) is 0 Å². The predicted octanol–water partition coefficient (Wildman–Crippen LogP) is 6.14. The van der Waals surface area contributed by atoms with E-state index in [1.54, 1.807) is 31.2 Å². The maximum absolute atomic E-state index is 14.0. The van der Waals surface area contributed by atoms with Gasteiger partial charge >= 0.3 is 0 Å². The Hall–Kier alpha value is -3.07. The Balaban J connectivity index is 2.04. The Bertz CT molecular complexity index is 1450. The first-order chi connectivity index (χ1) is 18.9. The molecule has 0 saturated heterocycles. The van der Waals surface area contributed by atoms with Crippen LogP contribution >= 0.6 is 23.2 Å². The number of nitrogens with zero attached hydrogens (tertiary/aromatic N) is 2. The van der Waals surface area contributed by atoms with Gasteiger partial charge < -0.3 is 10.2 Å². The van der Waals surface area contributed by atoms with Crippen LogP contribution in [0.3, 0.4) is 0 Å². The molecule has 40 heavy (non-hydrogen) atoms. The number of benzene rings is 3. The normalized spacial score (nSPS) is 12.1. The van der Waals surface area contributed by atoms with Gasteiger partial charge in [0.1, 0.15) is 12.6 Å². The summed E-state index contributed by atoms with van der Waals surface area (Å²) in [5, 5.41) is 3.03. The van der Waals surface area contributed by atoms with E-state index >= 15 is 0 Å². The third-order valence-corrected chi connectivity index (χ3v) is 9.10. The molecule has 0 saturated carbocycles. The summed E-state index contributed by atoms with van der Waals surface area (Å²) < 4.78 is 28.8. The highest BCUT2D eigenvalue weighted by atomic mass is 35.5. The molecular weight excluding hydrogens is 569 g/mol. The molecule has 2 amide bonds. The van der Waals surface area contributed by atoms with Crippen molar-refractivity contribution in [3.8, 4) is 0 Å². The number of nitrogens with one attached hydrogen (secondary N) is 1. The van der Waals surface area contributed by atoms with Crippen molar-refractivity contribution in [3.05, 3.63) is 93.5 Å². The fourth-order valence-electron chi connectivity index (χ4n) is 4.16. The minimum Gasteiger partial charge on any atom is -0.354 e. The lowest BCUT2D eigenvalue weighted by molar-refractivity contribution is -0.139. The third kappa shape index (κ3) is 7.77. The third-order valence-electron chi connectivity index (χ3n) is 6.52. The van der Waals surface area contributed by atoms with Gasteiger partial charge in [-0.05, 0) is 57.0 Å². The Morgan fingerprint density at radius 1 is 0.950 bits per heavy atom. The van der Waals surface area contributed by atoms with Crippen molar-refractivity contribution in [1.29, 1.82) is 0 Å². The summed E-state index contributed by atoms with van der Waals surface area (Å²) in [7, 11) is -4.24. The summed E-state index contributed by atoms with van der Waals surface area (Å²) in [6, 6.07) is 17.7. The number of hydrogen-bond donors (Lipinski definition) is 1. The highest BCUT2D eigenvalue weighted by Crippen LogP contribution is 2.35. The largest absolute Gasteiger partial charge is 0.354 e. The van der Waals surface area contributed by atoms with Gasteiger partial charge in [-0.2, -0.15) is 0 Å². The molecule has 1 atom stereocenters. The van der Waals surface area contributed by atoms with Crippen molar-refractivity contribution in [2.45, 2.75) is 58.0 Å². The lowest BCUT2D eigenvalue weighted by atomic mass is 10.1. The molecule has 1 N–H and O–H groups in total. The lowest BCUT2D eigenvalue weighted by Crippen LogP contribution is -2.51. The number of carbonyl (C=O) groups is 2. The molecule has 0 radical (unpaired) electrons. The van der Waals surface area contributed by atoms with E-state index in [0.29, 0.717) is 6.54 Å². The van der Waals surface area contributed by atoms with Gasteiger partial charge in [0.25, 0.3) is 10.0 Å². The number of sulfonamides is 1. The summed E-state index contributed by atoms with van der Waals surface area (Å²) in [4.78, 5) is 28.4. The van der Waals surface area contributed by atoms with E-state index in [4.69, 9.17) is 23.2 Å². The van der Waals surface area contributed by atoms with Gasteiger partial charge in [0.2, 0.25) is 11.8 Å². The minimum atomic E-state index is -4.24. The van der Waals surface area contributed by atoms with E-state index in [1.165, 1.54) is 23.1 Å². The highest BCUT2D eigenvalue weighted by molar-refractivity contribution is 7.92. The van der Waals surface area contributed by atoms with Crippen LogP contribution in [0.2, 0.25) is 10.0 Å². The highest BCUT2D eigenvalue weighted by Gasteiger charge is 2.33. The van der Waals surface area contributed by atoms with Crippen molar-refractivity contribution in [1.82, 2.24) is 10.2 Å². The maximum Gasteiger partial charge on any atom is 0.264 e. The molecule has 0 aromatic heterocycles. The van der Waals surface area contributed by atoms with Gasteiger partial charge in [-0.1, -0.05) is 90.1 Å². The van der Waals surface area contributed by atoms with Crippen LogP contribution in [0.25, 0.3) is 0 Å². The summed E-state index contributed by atoms with van der Waals surface area (Å²) in [6.45, 7) is 7.46. The van der Waals surface area contributed by atoms with Crippen molar-refractivity contribution < 1.29 is 18.0 Å². The lowest BCUT2D eigenvalue weighted by Gasteiger charge is -2.32. The molecule has 7 nitrogen and oxygen atoms in total. The molecule has 3 aromatic carbocycles. The van der Waals surface area contributed by atoms with Gasteiger partial charge in [-0.25, -0.2) is 8.42 Å². The second-order valence-corrected chi connectivity index (χ2v) is 12.4. The monoisotopic (exact) mass is 603 g/mol. The molecule has 3 rings (SSSR count). The van der Waals surface area contributed by atoms with Crippen LogP contribution in [0.5, 0.6) is 0 Å². The summed E-state index contributed by atoms with van der Waals surface area (Å²) in [5.74, 6) is -0.880. The molecule has 0 bridgehead atoms. The number of aryl methyl sites for hydroxylation is 2. The van der Waals surface area contributed by atoms with Crippen LogP contribution in [-0.4, -0.2) is 44.3 Å². The first-order valence-electron chi connectivity index (χ1n) is 13.1. The first-order valence-corrected chi connectivity index (χ1v) is 15.3. The number of hydrogen-bond acceptors (Lipinski definition) is 4. The van der Waals surface area contributed by atoms with Crippen molar-refractivity contribution in [2.75, 3.05) is 17.4 Å². The average Bonchev–Trinajstić information content (AvgIpc) is 2.92. The van der Waals surface area contributed by atoms with E-state index in [-0.39, 0.29) is 33.1 Å². The van der Waals surface area contributed by atoms with E-state index in [2.05, 4.69) is 5.32 Å². The van der Waals surface area contributed by atoms with E-state index < -0.39 is 28.5 Å². The van der Waals surface area contributed by atoms with Crippen LogP contribution in [0.4, 0.5) is 5.69 Å². The molecule has 3 aromatic rings. The molecule has 0 aliphatic heterocycles.